The quantitative estimate of drug-likeness (QED) is 0.186. The number of hydrogen-bond acceptors (Lipinski definition) is 7. The van der Waals surface area contributed by atoms with Crippen molar-refractivity contribution in [2.24, 2.45) is 22.4 Å². The summed E-state index contributed by atoms with van der Waals surface area (Å²) >= 11 is 0. The van der Waals surface area contributed by atoms with E-state index in [0.717, 1.165) is 42.2 Å². The fourth-order valence-corrected chi connectivity index (χ4v) is 4.78. The third kappa shape index (κ3) is 7.22. The summed E-state index contributed by atoms with van der Waals surface area (Å²) in [7, 11) is 0. The van der Waals surface area contributed by atoms with Crippen LogP contribution in [0.25, 0.3) is 10.9 Å². The number of carbonyl (C=O) groups excluding carboxylic acids is 2. The number of benzene rings is 2. The number of anilines is 1. The molecular formula is C29H37N7O3. The molecule has 1 aliphatic carbocycles. The van der Waals surface area contributed by atoms with E-state index in [9.17, 15) is 9.59 Å². The Labute approximate surface area is 228 Å². The van der Waals surface area contributed by atoms with Crippen molar-refractivity contribution in [1.82, 2.24) is 15.3 Å². The SMILES string of the molecule is Cc1ccc2nc(C(=O)NC(C(=O)OCc3ccccc3)C(C)C)nc(NC3CCCCC3N=C(N)N)c2c1. The van der Waals surface area contributed by atoms with Crippen LogP contribution in [-0.2, 0) is 16.1 Å². The molecular weight excluding hydrogens is 494 g/mol. The van der Waals surface area contributed by atoms with Gasteiger partial charge in [-0.3, -0.25) is 4.79 Å². The third-order valence-corrected chi connectivity index (χ3v) is 6.85. The lowest BCUT2D eigenvalue weighted by atomic mass is 9.90. The summed E-state index contributed by atoms with van der Waals surface area (Å²) < 4.78 is 5.50. The molecule has 1 heterocycles. The predicted octanol–water partition coefficient (Wildman–Crippen LogP) is 3.43. The van der Waals surface area contributed by atoms with E-state index in [4.69, 9.17) is 16.2 Å². The number of aliphatic imine (C=N–C) groups is 1. The second kappa shape index (κ2) is 12.6. The summed E-state index contributed by atoms with van der Waals surface area (Å²) in [5, 5.41) is 7.08. The zero-order valence-corrected chi connectivity index (χ0v) is 22.7. The fourth-order valence-electron chi connectivity index (χ4n) is 4.78. The maximum Gasteiger partial charge on any atom is 0.329 e. The second-order valence-corrected chi connectivity index (χ2v) is 10.4. The maximum absolute atomic E-state index is 13.4. The number of amides is 1. The van der Waals surface area contributed by atoms with Crippen molar-refractivity contribution < 1.29 is 14.3 Å². The van der Waals surface area contributed by atoms with Crippen LogP contribution in [0.5, 0.6) is 0 Å². The van der Waals surface area contributed by atoms with Crippen molar-refractivity contribution >= 4 is 34.6 Å². The zero-order valence-electron chi connectivity index (χ0n) is 22.7. The van der Waals surface area contributed by atoms with E-state index in [0.29, 0.717) is 11.3 Å². The Bertz CT molecular complexity index is 1340. The lowest BCUT2D eigenvalue weighted by Crippen LogP contribution is -2.45. The minimum atomic E-state index is -0.862. The first-order chi connectivity index (χ1) is 18.7. The number of carbonyl (C=O) groups is 2. The average molecular weight is 532 g/mol. The van der Waals surface area contributed by atoms with E-state index >= 15 is 0 Å². The molecule has 3 unspecified atom stereocenters. The Morgan fingerprint density at radius 3 is 2.54 bits per heavy atom. The van der Waals surface area contributed by atoms with Crippen LogP contribution in [0, 0.1) is 12.8 Å². The number of nitrogens with two attached hydrogens (primary N) is 2. The summed E-state index contributed by atoms with van der Waals surface area (Å²) in [5.74, 6) is -0.732. The Morgan fingerprint density at radius 2 is 1.82 bits per heavy atom. The van der Waals surface area contributed by atoms with Gasteiger partial charge in [-0.05, 0) is 43.4 Å². The highest BCUT2D eigenvalue weighted by atomic mass is 16.5. The standard InChI is InChI=1S/C29H37N7O3/c1-17(2)24(28(38)39-16-19-9-5-4-6-10-19)35-27(37)26-32-21-14-13-18(3)15-20(21)25(36-26)33-22-11-7-8-12-23(22)34-29(30)31/h4-6,9-10,13-15,17,22-24H,7-8,11-12,16H2,1-3H3,(H,35,37)(H4,30,31,34)(H,32,33,36). The molecule has 2 aromatic carbocycles. The first kappa shape index (κ1) is 27.8. The summed E-state index contributed by atoms with van der Waals surface area (Å²) in [4.78, 5) is 39.8. The molecule has 1 fully saturated rings. The van der Waals surface area contributed by atoms with Gasteiger partial charge in [0.05, 0.1) is 17.6 Å². The molecule has 1 amide bonds. The van der Waals surface area contributed by atoms with E-state index in [1.807, 2.05) is 69.3 Å². The topological polar surface area (TPSA) is 158 Å². The molecule has 0 radical (unpaired) electrons. The van der Waals surface area contributed by atoms with Gasteiger partial charge < -0.3 is 26.8 Å². The number of guanidine groups is 1. The Hall–Kier alpha value is -4.21. The minimum absolute atomic E-state index is 0.0374. The van der Waals surface area contributed by atoms with Crippen LogP contribution in [0.4, 0.5) is 5.82 Å². The molecule has 10 nitrogen and oxygen atoms in total. The zero-order chi connectivity index (χ0) is 27.9. The number of ether oxygens (including phenoxy) is 1. The monoisotopic (exact) mass is 531 g/mol. The molecule has 4 rings (SSSR count). The van der Waals surface area contributed by atoms with Gasteiger partial charge >= 0.3 is 5.97 Å². The summed E-state index contributed by atoms with van der Waals surface area (Å²) in [6.45, 7) is 5.80. The average Bonchev–Trinajstić information content (AvgIpc) is 2.91. The molecule has 0 saturated heterocycles. The van der Waals surface area contributed by atoms with Gasteiger partial charge in [0.15, 0.2) is 5.96 Å². The molecule has 0 aliphatic heterocycles. The van der Waals surface area contributed by atoms with Gasteiger partial charge in [0, 0.05) is 5.39 Å². The minimum Gasteiger partial charge on any atom is -0.459 e. The Balaban J connectivity index is 1.58. The smallest absolute Gasteiger partial charge is 0.329 e. The molecule has 10 heteroatoms. The van der Waals surface area contributed by atoms with Gasteiger partial charge in [0.25, 0.3) is 5.91 Å². The highest BCUT2D eigenvalue weighted by Crippen LogP contribution is 2.28. The van der Waals surface area contributed by atoms with Crippen LogP contribution < -0.4 is 22.1 Å². The molecule has 6 N–H and O–H groups in total. The van der Waals surface area contributed by atoms with Crippen LogP contribution >= 0.6 is 0 Å². The highest BCUT2D eigenvalue weighted by molar-refractivity contribution is 5.98. The molecule has 3 atom stereocenters. The van der Waals surface area contributed by atoms with Crippen molar-refractivity contribution in [3.8, 4) is 0 Å². The van der Waals surface area contributed by atoms with Crippen LogP contribution in [0.2, 0.25) is 0 Å². The summed E-state index contributed by atoms with van der Waals surface area (Å²) in [6, 6.07) is 14.2. The second-order valence-electron chi connectivity index (χ2n) is 10.4. The molecule has 206 valence electrons. The number of nitrogens with one attached hydrogen (secondary N) is 2. The van der Waals surface area contributed by atoms with E-state index in [2.05, 4.69) is 25.6 Å². The number of esters is 1. The van der Waals surface area contributed by atoms with Gasteiger partial charge in [-0.15, -0.1) is 0 Å². The number of nitrogens with zero attached hydrogens (tertiary/aromatic N) is 3. The fraction of sp³-hybridized carbons (Fsp3) is 0.414. The molecule has 1 aromatic heterocycles. The Morgan fingerprint density at radius 1 is 1.08 bits per heavy atom. The number of rotatable bonds is 9. The Kier molecular flexibility index (Phi) is 8.96. The van der Waals surface area contributed by atoms with Crippen molar-refractivity contribution in [2.45, 2.75) is 71.2 Å². The largest absolute Gasteiger partial charge is 0.459 e. The van der Waals surface area contributed by atoms with Gasteiger partial charge in [0.1, 0.15) is 18.5 Å². The highest BCUT2D eigenvalue weighted by Gasteiger charge is 2.29. The molecule has 3 aromatic rings. The molecule has 1 saturated carbocycles. The molecule has 0 spiro atoms. The molecule has 0 bridgehead atoms. The lowest BCUT2D eigenvalue weighted by molar-refractivity contribution is -0.148. The van der Waals surface area contributed by atoms with Crippen LogP contribution in [-0.4, -0.2) is 45.9 Å². The number of aryl methyl sites for hydroxylation is 1. The molecule has 39 heavy (non-hydrogen) atoms. The van der Waals surface area contributed by atoms with Crippen molar-refractivity contribution in [2.75, 3.05) is 5.32 Å². The summed E-state index contributed by atoms with van der Waals surface area (Å²) in [6.07, 6.45) is 3.79. The van der Waals surface area contributed by atoms with Gasteiger partial charge in [-0.25, -0.2) is 19.8 Å². The van der Waals surface area contributed by atoms with E-state index in [1.165, 1.54) is 0 Å². The lowest BCUT2D eigenvalue weighted by Gasteiger charge is -2.30. The maximum atomic E-state index is 13.4. The van der Waals surface area contributed by atoms with Gasteiger partial charge in [-0.1, -0.05) is 68.7 Å². The molecule has 1 aliphatic rings. The van der Waals surface area contributed by atoms with Crippen LogP contribution in [0.15, 0.2) is 53.5 Å². The van der Waals surface area contributed by atoms with Crippen LogP contribution in [0.1, 0.15) is 61.3 Å². The predicted molar refractivity (Wildman–Crippen MR) is 152 cm³/mol. The first-order valence-corrected chi connectivity index (χ1v) is 13.4. The number of hydrogen-bond donors (Lipinski definition) is 4. The van der Waals surface area contributed by atoms with Crippen molar-refractivity contribution in [1.29, 1.82) is 0 Å². The van der Waals surface area contributed by atoms with E-state index < -0.39 is 17.9 Å². The van der Waals surface area contributed by atoms with E-state index in [-0.39, 0.29) is 36.4 Å². The first-order valence-electron chi connectivity index (χ1n) is 13.4. The van der Waals surface area contributed by atoms with E-state index in [1.54, 1.807) is 0 Å². The van der Waals surface area contributed by atoms with Gasteiger partial charge in [-0.2, -0.15) is 0 Å². The van der Waals surface area contributed by atoms with Gasteiger partial charge in [0.2, 0.25) is 5.82 Å². The summed E-state index contributed by atoms with van der Waals surface area (Å²) in [5.41, 5.74) is 13.9. The van der Waals surface area contributed by atoms with Crippen molar-refractivity contribution in [3.63, 3.8) is 0 Å². The normalized spacial score (nSPS) is 17.8. The van der Waals surface area contributed by atoms with Crippen LogP contribution in [0.3, 0.4) is 0 Å². The number of fused-ring (bicyclic) bond motifs is 1. The third-order valence-electron chi connectivity index (χ3n) is 6.85. The number of aromatic nitrogens is 2. The van der Waals surface area contributed by atoms with Crippen molar-refractivity contribution in [3.05, 3.63) is 65.5 Å².